The lowest BCUT2D eigenvalue weighted by Gasteiger charge is -2.18. The molecule has 194 valence electrons. The van der Waals surface area contributed by atoms with E-state index in [2.05, 4.69) is 44.9 Å². The van der Waals surface area contributed by atoms with Gasteiger partial charge in [0.05, 0.1) is 26.7 Å². The molecule has 0 spiro atoms. The minimum atomic E-state index is -0.551. The summed E-state index contributed by atoms with van der Waals surface area (Å²) >= 11 is 1.60. The van der Waals surface area contributed by atoms with Crippen LogP contribution < -0.4 is 5.32 Å². The summed E-state index contributed by atoms with van der Waals surface area (Å²) in [6, 6.07) is 14.1. The number of esters is 1. The van der Waals surface area contributed by atoms with Gasteiger partial charge in [-0.3, -0.25) is 10.1 Å². The van der Waals surface area contributed by atoms with E-state index in [4.69, 9.17) is 4.74 Å². The molecule has 2 aliphatic rings. The first-order chi connectivity index (χ1) is 18.5. The molecule has 2 heterocycles. The second-order valence-corrected chi connectivity index (χ2v) is 10.8. The van der Waals surface area contributed by atoms with E-state index in [-0.39, 0.29) is 35.7 Å². The summed E-state index contributed by atoms with van der Waals surface area (Å²) in [4.78, 5) is 32.3. The van der Waals surface area contributed by atoms with Crippen LogP contribution in [0.2, 0.25) is 0 Å². The highest BCUT2D eigenvalue weighted by Crippen LogP contribution is 2.45. The third-order valence-electron chi connectivity index (χ3n) is 7.70. The van der Waals surface area contributed by atoms with Gasteiger partial charge < -0.3 is 15.2 Å². The van der Waals surface area contributed by atoms with Crippen molar-refractivity contribution in [2.45, 2.75) is 43.7 Å². The van der Waals surface area contributed by atoms with Crippen molar-refractivity contribution in [3.8, 4) is 0 Å². The quantitative estimate of drug-likeness (QED) is 0.184. The largest absolute Gasteiger partial charge is 0.458 e. The van der Waals surface area contributed by atoms with Crippen molar-refractivity contribution in [2.24, 2.45) is 5.92 Å². The minimum absolute atomic E-state index is 0.0746. The van der Waals surface area contributed by atoms with Gasteiger partial charge in [-0.25, -0.2) is 14.8 Å². The number of aromatic nitrogens is 2. The Hall–Kier alpha value is -3.89. The van der Waals surface area contributed by atoms with E-state index < -0.39 is 17.0 Å². The zero-order valence-electron chi connectivity index (χ0n) is 20.4. The lowest BCUT2D eigenvalue weighted by Crippen LogP contribution is -2.24. The molecule has 2 aliphatic carbocycles. The maximum atomic E-state index is 12.7. The number of fused-ring (bicyclic) bond motifs is 2. The van der Waals surface area contributed by atoms with Crippen molar-refractivity contribution in [2.75, 3.05) is 11.9 Å². The number of nitro groups is 1. The number of aliphatic hydroxyl groups is 1. The van der Waals surface area contributed by atoms with Crippen LogP contribution in [0.4, 0.5) is 11.5 Å². The van der Waals surface area contributed by atoms with Gasteiger partial charge in [-0.15, -0.1) is 11.3 Å². The number of thiophene rings is 1. The Bertz CT molecular complexity index is 1500. The number of non-ortho nitro benzene ring substituents is 1. The van der Waals surface area contributed by atoms with Crippen LogP contribution in [0.3, 0.4) is 0 Å². The molecule has 6 rings (SSSR count). The van der Waals surface area contributed by atoms with Crippen molar-refractivity contribution in [3.63, 3.8) is 0 Å². The Morgan fingerprint density at radius 2 is 1.95 bits per heavy atom. The van der Waals surface area contributed by atoms with E-state index in [1.165, 1.54) is 35.4 Å². The number of benzene rings is 2. The van der Waals surface area contributed by atoms with E-state index in [1.54, 1.807) is 17.7 Å². The zero-order chi connectivity index (χ0) is 26.2. The molecule has 0 aliphatic heterocycles. The first kappa shape index (κ1) is 24.4. The summed E-state index contributed by atoms with van der Waals surface area (Å²) in [5.74, 6) is 0.146. The smallest absolute Gasteiger partial charge is 0.338 e. The zero-order valence-corrected chi connectivity index (χ0v) is 21.3. The van der Waals surface area contributed by atoms with Crippen molar-refractivity contribution >= 4 is 39.0 Å². The van der Waals surface area contributed by atoms with Gasteiger partial charge >= 0.3 is 5.97 Å². The highest BCUT2D eigenvalue weighted by molar-refractivity contribution is 7.18. The molecule has 0 unspecified atom stereocenters. The van der Waals surface area contributed by atoms with Crippen LogP contribution in [0, 0.1) is 16.0 Å². The van der Waals surface area contributed by atoms with E-state index in [9.17, 15) is 20.0 Å². The Morgan fingerprint density at radius 3 is 2.74 bits per heavy atom. The molecule has 0 saturated heterocycles. The fraction of sp³-hybridized carbons (Fsp3) is 0.321. The molecule has 2 aromatic heterocycles. The van der Waals surface area contributed by atoms with E-state index in [0.717, 1.165) is 34.4 Å². The number of carbonyl (C=O) groups is 1. The molecule has 4 aromatic rings. The average Bonchev–Trinajstić information content (AvgIpc) is 3.66. The number of rotatable bonds is 7. The van der Waals surface area contributed by atoms with Crippen LogP contribution in [0.25, 0.3) is 10.2 Å². The van der Waals surface area contributed by atoms with Gasteiger partial charge in [0.2, 0.25) is 0 Å². The summed E-state index contributed by atoms with van der Waals surface area (Å²) in [6.07, 6.45) is 4.43. The predicted molar refractivity (Wildman–Crippen MR) is 143 cm³/mol. The summed E-state index contributed by atoms with van der Waals surface area (Å²) in [6.45, 7) is -0.0976. The van der Waals surface area contributed by atoms with Crippen LogP contribution in [-0.4, -0.2) is 38.7 Å². The highest BCUT2D eigenvalue weighted by atomic mass is 32.1. The van der Waals surface area contributed by atoms with E-state index in [0.29, 0.717) is 12.8 Å². The molecule has 0 bridgehead atoms. The topological polar surface area (TPSA) is 127 Å². The van der Waals surface area contributed by atoms with Gasteiger partial charge in [0.25, 0.3) is 5.69 Å². The van der Waals surface area contributed by atoms with Gasteiger partial charge in [-0.2, -0.15) is 0 Å². The Labute approximate surface area is 222 Å². The van der Waals surface area contributed by atoms with Crippen LogP contribution >= 0.6 is 11.3 Å². The molecule has 1 saturated carbocycles. The molecule has 0 amide bonds. The first-order valence-electron chi connectivity index (χ1n) is 12.6. The van der Waals surface area contributed by atoms with Crippen molar-refractivity contribution in [3.05, 3.63) is 92.6 Å². The molecule has 4 atom stereocenters. The molecule has 10 heteroatoms. The lowest BCUT2D eigenvalue weighted by atomic mass is 9.98. The maximum Gasteiger partial charge on any atom is 0.338 e. The minimum Gasteiger partial charge on any atom is -0.458 e. The number of hydrogen-bond donors (Lipinski definition) is 2. The molecule has 9 nitrogen and oxygen atoms in total. The maximum absolute atomic E-state index is 12.7. The standard InChI is InChI=1S/C28H26N4O5S/c33-13-19-11-18(12-24(19)37-28(34)17-5-8-20(9-6-17)32(35)36)22-14-38-26-25(22)29-15-30-27(26)31-23-10-7-16-3-1-2-4-21(16)23/h1-6,8-9,14-15,18-19,23-24,33H,7,10-13H2,(H,29,30,31)/t18-,19+,23+,24+/m1/s1. The molecule has 38 heavy (non-hydrogen) atoms. The van der Waals surface area contributed by atoms with Crippen LogP contribution in [-0.2, 0) is 11.2 Å². The van der Waals surface area contributed by atoms with Gasteiger partial charge in [-0.1, -0.05) is 24.3 Å². The third kappa shape index (κ3) is 4.50. The molecule has 1 fully saturated rings. The molecular formula is C28H26N4O5S. The number of nitro benzene ring substituents is 1. The SMILES string of the molecule is O=C(O[C@H]1C[C@H](c2csc3c(N[C@H]4CCc5ccccc54)ncnc23)C[C@H]1CO)c1ccc([N+](=O)[O-])cc1. The van der Waals surface area contributed by atoms with Gasteiger partial charge in [-0.05, 0) is 65.8 Å². The van der Waals surface area contributed by atoms with E-state index >= 15 is 0 Å². The second kappa shape index (κ2) is 10.1. The summed E-state index contributed by atoms with van der Waals surface area (Å²) in [5, 5.41) is 26.7. The average molecular weight is 531 g/mol. The number of anilines is 1. The third-order valence-corrected chi connectivity index (χ3v) is 8.70. The Kier molecular flexibility index (Phi) is 6.50. The molecular weight excluding hydrogens is 504 g/mol. The van der Waals surface area contributed by atoms with Gasteiger partial charge in [0.15, 0.2) is 0 Å². The summed E-state index contributed by atoms with van der Waals surface area (Å²) < 4.78 is 6.78. The normalized spacial score (nSPS) is 22.3. The number of aliphatic hydroxyl groups excluding tert-OH is 1. The number of aryl methyl sites for hydroxylation is 1. The predicted octanol–water partition coefficient (Wildman–Crippen LogP) is 5.41. The van der Waals surface area contributed by atoms with Crippen LogP contribution in [0.5, 0.6) is 0 Å². The summed E-state index contributed by atoms with van der Waals surface area (Å²) in [5.41, 5.74) is 4.81. The van der Waals surface area contributed by atoms with Crippen molar-refractivity contribution < 1.29 is 19.6 Å². The van der Waals surface area contributed by atoms with Crippen molar-refractivity contribution in [1.82, 2.24) is 9.97 Å². The monoisotopic (exact) mass is 530 g/mol. The Morgan fingerprint density at radius 1 is 1.13 bits per heavy atom. The number of nitrogens with zero attached hydrogens (tertiary/aromatic N) is 3. The number of ether oxygens (including phenoxy) is 1. The molecule has 0 radical (unpaired) electrons. The number of nitrogens with one attached hydrogen (secondary N) is 1. The lowest BCUT2D eigenvalue weighted by molar-refractivity contribution is -0.384. The fourth-order valence-electron chi connectivity index (χ4n) is 5.74. The van der Waals surface area contributed by atoms with Crippen molar-refractivity contribution in [1.29, 1.82) is 0 Å². The van der Waals surface area contributed by atoms with Crippen LogP contribution in [0.1, 0.15) is 58.3 Å². The highest BCUT2D eigenvalue weighted by Gasteiger charge is 2.39. The van der Waals surface area contributed by atoms with Gasteiger partial charge in [0.1, 0.15) is 18.2 Å². The first-order valence-corrected chi connectivity index (χ1v) is 13.5. The van der Waals surface area contributed by atoms with Gasteiger partial charge in [0, 0.05) is 24.7 Å². The second-order valence-electron chi connectivity index (χ2n) is 9.88. The van der Waals surface area contributed by atoms with E-state index in [1.807, 2.05) is 0 Å². The Balaban J connectivity index is 1.19. The molecule has 2 aromatic carbocycles. The molecule has 2 N–H and O–H groups in total. The van der Waals surface area contributed by atoms with Crippen LogP contribution in [0.15, 0.2) is 60.2 Å². The number of carbonyl (C=O) groups excluding carboxylic acids is 1. The number of hydrogen-bond acceptors (Lipinski definition) is 9. The fourth-order valence-corrected chi connectivity index (χ4v) is 6.79. The summed E-state index contributed by atoms with van der Waals surface area (Å²) in [7, 11) is 0.